The Morgan fingerprint density at radius 1 is 1.62 bits per heavy atom. The van der Waals surface area contributed by atoms with Gasteiger partial charge >= 0.3 is 0 Å². The lowest BCUT2D eigenvalue weighted by Gasteiger charge is -2.15. The summed E-state index contributed by atoms with van der Waals surface area (Å²) < 4.78 is 0.952. The third-order valence-electron chi connectivity index (χ3n) is 1.99. The summed E-state index contributed by atoms with van der Waals surface area (Å²) in [5, 5.41) is 19.5. The number of carbonyl (C=O) groups is 1. The number of hydrogen-bond donors (Lipinski definition) is 2. The number of aryl methyl sites for hydroxylation is 1. The van der Waals surface area contributed by atoms with Crippen molar-refractivity contribution in [3.63, 3.8) is 0 Å². The van der Waals surface area contributed by atoms with E-state index in [1.807, 2.05) is 13.0 Å². The van der Waals surface area contributed by atoms with Crippen molar-refractivity contribution in [3.8, 4) is 0 Å². The normalized spacial score (nSPS) is 14.8. The van der Waals surface area contributed by atoms with Gasteiger partial charge in [-0.1, -0.05) is 11.8 Å². The molecule has 0 aliphatic heterocycles. The van der Waals surface area contributed by atoms with Crippen molar-refractivity contribution < 1.29 is 15.0 Å². The quantitative estimate of drug-likeness (QED) is 0.893. The number of thioether (sulfide) groups is 1. The van der Waals surface area contributed by atoms with Crippen molar-refractivity contribution in [3.05, 3.63) is 20.3 Å². The predicted octanol–water partition coefficient (Wildman–Crippen LogP) is 2.49. The van der Waals surface area contributed by atoms with Crippen molar-refractivity contribution in [2.24, 2.45) is 0 Å². The summed E-state index contributed by atoms with van der Waals surface area (Å²) in [6, 6.07) is 1.83. The molecule has 6 heteroatoms. The van der Waals surface area contributed by atoms with Crippen molar-refractivity contribution in [2.45, 2.75) is 26.1 Å². The SMILES string of the molecule is CC(=O)SCC(O)C(O)c1cc(C)c(Br)s1. The Labute approximate surface area is 111 Å². The van der Waals surface area contributed by atoms with Crippen molar-refractivity contribution in [2.75, 3.05) is 5.75 Å². The number of aliphatic hydroxyl groups excluding tert-OH is 2. The highest BCUT2D eigenvalue weighted by atomic mass is 79.9. The van der Waals surface area contributed by atoms with E-state index in [1.165, 1.54) is 18.3 Å². The Morgan fingerprint density at radius 2 is 2.25 bits per heavy atom. The standard InChI is InChI=1S/C10H13BrO3S2/c1-5-3-8(16-10(5)11)9(14)7(13)4-15-6(2)12/h3,7,9,13-14H,4H2,1-2H3. The lowest BCUT2D eigenvalue weighted by Crippen LogP contribution is -2.20. The van der Waals surface area contributed by atoms with Crippen LogP contribution in [0.1, 0.15) is 23.5 Å². The van der Waals surface area contributed by atoms with E-state index in [9.17, 15) is 15.0 Å². The van der Waals surface area contributed by atoms with Crippen molar-refractivity contribution in [1.82, 2.24) is 0 Å². The van der Waals surface area contributed by atoms with Crippen LogP contribution in [0.4, 0.5) is 0 Å². The van der Waals surface area contributed by atoms with E-state index in [0.29, 0.717) is 4.88 Å². The van der Waals surface area contributed by atoms with Crippen LogP contribution in [0, 0.1) is 6.92 Å². The van der Waals surface area contributed by atoms with Crippen LogP contribution in [0.15, 0.2) is 9.85 Å². The van der Waals surface area contributed by atoms with Crippen LogP contribution >= 0.6 is 39.0 Å². The molecule has 2 atom stereocenters. The van der Waals surface area contributed by atoms with Gasteiger partial charge in [-0.3, -0.25) is 4.79 Å². The highest BCUT2D eigenvalue weighted by Gasteiger charge is 2.21. The lowest BCUT2D eigenvalue weighted by molar-refractivity contribution is -0.109. The summed E-state index contributed by atoms with van der Waals surface area (Å²) in [6.45, 7) is 3.36. The first-order chi connectivity index (χ1) is 7.41. The molecule has 0 radical (unpaired) electrons. The molecule has 3 nitrogen and oxygen atoms in total. The summed E-state index contributed by atoms with van der Waals surface area (Å²) in [5.41, 5.74) is 1.03. The smallest absolute Gasteiger partial charge is 0.185 e. The van der Waals surface area contributed by atoms with Gasteiger partial charge in [0.2, 0.25) is 0 Å². The first kappa shape index (κ1) is 14.2. The van der Waals surface area contributed by atoms with Crippen LogP contribution in [-0.2, 0) is 4.79 Å². The molecule has 0 aromatic carbocycles. The number of aliphatic hydroxyl groups is 2. The zero-order chi connectivity index (χ0) is 12.3. The maximum atomic E-state index is 10.7. The van der Waals surface area contributed by atoms with E-state index in [4.69, 9.17) is 0 Å². The van der Waals surface area contributed by atoms with Crippen molar-refractivity contribution >= 4 is 44.1 Å². The molecule has 0 saturated heterocycles. The van der Waals surface area contributed by atoms with E-state index in [0.717, 1.165) is 21.1 Å². The summed E-state index contributed by atoms with van der Waals surface area (Å²) in [4.78, 5) is 11.4. The van der Waals surface area contributed by atoms with Crippen LogP contribution in [0.2, 0.25) is 0 Å². The molecule has 2 unspecified atom stereocenters. The number of rotatable bonds is 4. The van der Waals surface area contributed by atoms with Crippen LogP contribution in [0.25, 0.3) is 0 Å². The second-order valence-corrected chi connectivity index (χ2v) is 7.02. The van der Waals surface area contributed by atoms with Gasteiger partial charge in [-0.05, 0) is 34.5 Å². The number of halogens is 1. The van der Waals surface area contributed by atoms with E-state index in [-0.39, 0.29) is 10.9 Å². The predicted molar refractivity (Wildman–Crippen MR) is 70.9 cm³/mol. The number of carbonyl (C=O) groups excluding carboxylic acids is 1. The summed E-state index contributed by atoms with van der Waals surface area (Å²) in [5.74, 6) is 0.213. The van der Waals surface area contributed by atoms with Gasteiger partial charge in [0.25, 0.3) is 0 Å². The molecule has 90 valence electrons. The van der Waals surface area contributed by atoms with Crippen LogP contribution in [-0.4, -0.2) is 27.2 Å². The maximum absolute atomic E-state index is 10.7. The molecule has 16 heavy (non-hydrogen) atoms. The fraction of sp³-hybridized carbons (Fsp3) is 0.500. The van der Waals surface area contributed by atoms with Gasteiger partial charge < -0.3 is 10.2 Å². The minimum absolute atomic E-state index is 0.0604. The van der Waals surface area contributed by atoms with Crippen molar-refractivity contribution in [1.29, 1.82) is 0 Å². The Morgan fingerprint density at radius 3 is 2.69 bits per heavy atom. The topological polar surface area (TPSA) is 57.5 Å². The van der Waals surface area contributed by atoms with E-state index >= 15 is 0 Å². The van der Waals surface area contributed by atoms with Gasteiger partial charge in [-0.2, -0.15) is 0 Å². The zero-order valence-electron chi connectivity index (χ0n) is 8.94. The van der Waals surface area contributed by atoms with E-state index < -0.39 is 12.2 Å². The van der Waals surface area contributed by atoms with Crippen LogP contribution in [0.5, 0.6) is 0 Å². The third kappa shape index (κ3) is 3.85. The molecule has 1 aromatic rings. The minimum atomic E-state index is -0.929. The van der Waals surface area contributed by atoms with Crippen LogP contribution < -0.4 is 0 Å². The Kier molecular flexibility index (Phi) is 5.46. The van der Waals surface area contributed by atoms with Gasteiger partial charge in [0.05, 0.1) is 9.89 Å². The second kappa shape index (κ2) is 6.16. The average molecular weight is 325 g/mol. The van der Waals surface area contributed by atoms with Gasteiger partial charge in [0.1, 0.15) is 6.10 Å². The maximum Gasteiger partial charge on any atom is 0.185 e. The van der Waals surface area contributed by atoms with Gasteiger partial charge in [-0.15, -0.1) is 11.3 Å². The molecular weight excluding hydrogens is 312 g/mol. The first-order valence-electron chi connectivity index (χ1n) is 4.67. The second-order valence-electron chi connectivity index (χ2n) is 3.42. The highest BCUT2D eigenvalue weighted by Crippen LogP contribution is 2.33. The molecule has 0 spiro atoms. The summed E-state index contributed by atoms with van der Waals surface area (Å²) in [7, 11) is 0. The van der Waals surface area contributed by atoms with Gasteiger partial charge in [-0.25, -0.2) is 0 Å². The molecule has 0 aliphatic rings. The van der Waals surface area contributed by atoms with E-state index in [2.05, 4.69) is 15.9 Å². The van der Waals surface area contributed by atoms with Gasteiger partial charge in [0, 0.05) is 17.6 Å². The molecule has 1 aromatic heterocycles. The van der Waals surface area contributed by atoms with Crippen LogP contribution in [0.3, 0.4) is 0 Å². The minimum Gasteiger partial charge on any atom is -0.389 e. The molecule has 1 heterocycles. The molecule has 2 N–H and O–H groups in total. The first-order valence-corrected chi connectivity index (χ1v) is 7.26. The molecular formula is C10H13BrO3S2. The van der Waals surface area contributed by atoms with Gasteiger partial charge in [0.15, 0.2) is 5.12 Å². The van der Waals surface area contributed by atoms with E-state index in [1.54, 1.807) is 0 Å². The summed E-state index contributed by atoms with van der Waals surface area (Å²) >= 11 is 5.78. The third-order valence-corrected chi connectivity index (χ3v) is 5.11. The molecule has 0 aliphatic carbocycles. The molecule has 0 fully saturated rings. The fourth-order valence-electron chi connectivity index (χ4n) is 1.11. The molecule has 0 saturated carbocycles. The lowest BCUT2D eigenvalue weighted by atomic mass is 10.2. The Hall–Kier alpha value is 0.120. The molecule has 1 rings (SSSR count). The molecule has 0 bridgehead atoms. The summed E-state index contributed by atoms with van der Waals surface area (Å²) in [6.07, 6.45) is -1.85. The largest absolute Gasteiger partial charge is 0.389 e. The fourth-order valence-corrected chi connectivity index (χ4v) is 3.32. The monoisotopic (exact) mass is 324 g/mol. The highest BCUT2D eigenvalue weighted by molar-refractivity contribution is 9.11. The number of thiophene rings is 1. The number of hydrogen-bond acceptors (Lipinski definition) is 5. The zero-order valence-corrected chi connectivity index (χ0v) is 12.2. The Bertz CT molecular complexity index is 359. The average Bonchev–Trinajstić information content (AvgIpc) is 2.54. The Balaban J connectivity index is 2.62. The molecule has 0 amide bonds.